The van der Waals surface area contributed by atoms with Gasteiger partial charge in [-0.1, -0.05) is 6.07 Å². The van der Waals surface area contributed by atoms with Gasteiger partial charge >= 0.3 is 0 Å². The lowest BCUT2D eigenvalue weighted by Crippen LogP contribution is -2.22. The van der Waals surface area contributed by atoms with E-state index in [9.17, 15) is 9.59 Å². The quantitative estimate of drug-likeness (QED) is 0.940. The first kappa shape index (κ1) is 12.9. The van der Waals surface area contributed by atoms with Crippen LogP contribution in [-0.4, -0.2) is 18.9 Å². The molecule has 20 heavy (non-hydrogen) atoms. The highest BCUT2D eigenvalue weighted by molar-refractivity contribution is 7.09. The molecule has 2 aromatic rings. The van der Waals surface area contributed by atoms with E-state index in [4.69, 9.17) is 0 Å². The van der Waals surface area contributed by atoms with Crippen LogP contribution in [-0.2, 0) is 17.8 Å². The normalized spacial score (nSPS) is 13.4. The molecule has 0 saturated carbocycles. The van der Waals surface area contributed by atoms with E-state index in [2.05, 4.69) is 5.32 Å². The van der Waals surface area contributed by atoms with Gasteiger partial charge in [-0.25, -0.2) is 0 Å². The van der Waals surface area contributed by atoms with Crippen LogP contribution >= 0.6 is 11.3 Å². The number of carbonyl (C=O) groups excluding carboxylic acids is 2. The highest BCUT2D eigenvalue weighted by Gasteiger charge is 2.24. The van der Waals surface area contributed by atoms with Crippen molar-refractivity contribution in [1.82, 2.24) is 5.32 Å². The lowest BCUT2D eigenvalue weighted by Gasteiger charge is -2.10. The fourth-order valence-electron chi connectivity index (χ4n) is 2.29. The Morgan fingerprint density at radius 1 is 1.40 bits per heavy atom. The second kappa shape index (κ2) is 5.09. The summed E-state index contributed by atoms with van der Waals surface area (Å²) in [6.45, 7) is 0.534. The molecular formula is C15H14N2O2S. The number of nitrogens with zero attached hydrogens (tertiary/aromatic N) is 1. The fraction of sp³-hybridized carbons (Fsp3) is 0.200. The van der Waals surface area contributed by atoms with Gasteiger partial charge < -0.3 is 10.2 Å². The Labute approximate surface area is 121 Å². The van der Waals surface area contributed by atoms with Gasteiger partial charge in [0.1, 0.15) is 0 Å². The summed E-state index contributed by atoms with van der Waals surface area (Å²) in [7, 11) is 1.75. The maximum absolute atomic E-state index is 12.1. The molecular weight excluding hydrogens is 272 g/mol. The first-order valence-corrected chi connectivity index (χ1v) is 7.23. The first-order chi connectivity index (χ1) is 9.65. The molecule has 0 bridgehead atoms. The summed E-state index contributed by atoms with van der Waals surface area (Å²) in [4.78, 5) is 26.5. The van der Waals surface area contributed by atoms with Crippen LogP contribution in [0.5, 0.6) is 0 Å². The molecule has 1 aliphatic rings. The van der Waals surface area contributed by atoms with E-state index >= 15 is 0 Å². The summed E-state index contributed by atoms with van der Waals surface area (Å²) in [5.74, 6) is -0.0423. The Bertz CT molecular complexity index is 665. The molecule has 0 spiro atoms. The molecule has 102 valence electrons. The fourth-order valence-corrected chi connectivity index (χ4v) is 2.94. The van der Waals surface area contributed by atoms with Crippen molar-refractivity contribution < 1.29 is 9.59 Å². The van der Waals surface area contributed by atoms with Crippen LogP contribution in [0.2, 0.25) is 0 Å². The molecule has 1 aromatic carbocycles. The minimum absolute atomic E-state index is 0.0659. The highest BCUT2D eigenvalue weighted by Crippen LogP contribution is 2.28. The van der Waals surface area contributed by atoms with E-state index in [1.807, 2.05) is 23.6 Å². The zero-order chi connectivity index (χ0) is 14.1. The van der Waals surface area contributed by atoms with Crippen LogP contribution in [0.1, 0.15) is 20.8 Å². The van der Waals surface area contributed by atoms with Crippen molar-refractivity contribution in [2.45, 2.75) is 13.0 Å². The van der Waals surface area contributed by atoms with Gasteiger partial charge in [-0.3, -0.25) is 9.59 Å². The van der Waals surface area contributed by atoms with Crippen molar-refractivity contribution in [2.24, 2.45) is 0 Å². The molecule has 5 heteroatoms. The Kier molecular flexibility index (Phi) is 3.28. The number of fused-ring (bicyclic) bond motifs is 1. The van der Waals surface area contributed by atoms with Gasteiger partial charge in [-0.15, -0.1) is 11.3 Å². The Balaban J connectivity index is 1.73. The minimum Gasteiger partial charge on any atom is -0.347 e. The molecule has 1 aromatic heterocycles. The lowest BCUT2D eigenvalue weighted by molar-refractivity contribution is -0.117. The monoisotopic (exact) mass is 286 g/mol. The molecule has 0 radical (unpaired) electrons. The van der Waals surface area contributed by atoms with E-state index in [1.165, 1.54) is 0 Å². The summed E-state index contributed by atoms with van der Waals surface area (Å²) in [6, 6.07) is 9.35. The van der Waals surface area contributed by atoms with Crippen LogP contribution in [0, 0.1) is 0 Å². The molecule has 1 N–H and O–H groups in total. The number of likely N-dealkylation sites (N-methyl/N-ethyl adjacent to an activating group) is 1. The second-order valence-corrected chi connectivity index (χ2v) is 5.77. The average molecular weight is 286 g/mol. The molecule has 1 aliphatic heterocycles. The molecule has 2 heterocycles. The van der Waals surface area contributed by atoms with Crippen LogP contribution < -0.4 is 10.2 Å². The van der Waals surface area contributed by atoms with Crippen LogP contribution in [0.25, 0.3) is 0 Å². The van der Waals surface area contributed by atoms with Gasteiger partial charge in [0, 0.05) is 23.2 Å². The summed E-state index contributed by atoms with van der Waals surface area (Å²) >= 11 is 1.61. The predicted molar refractivity (Wildman–Crippen MR) is 79.0 cm³/mol. The van der Waals surface area contributed by atoms with Crippen LogP contribution in [0.15, 0.2) is 35.7 Å². The van der Waals surface area contributed by atoms with Crippen LogP contribution in [0.3, 0.4) is 0 Å². The Morgan fingerprint density at radius 3 is 3.00 bits per heavy atom. The third kappa shape index (κ3) is 2.32. The molecule has 0 atom stereocenters. The number of rotatable bonds is 3. The molecule has 0 saturated heterocycles. The van der Waals surface area contributed by atoms with Gasteiger partial charge in [0.05, 0.1) is 13.0 Å². The number of carbonyl (C=O) groups is 2. The topological polar surface area (TPSA) is 49.4 Å². The van der Waals surface area contributed by atoms with Crippen molar-refractivity contribution in [3.63, 3.8) is 0 Å². The molecule has 4 nitrogen and oxygen atoms in total. The number of nitrogens with one attached hydrogen (secondary N) is 1. The van der Waals surface area contributed by atoms with E-state index in [1.54, 1.807) is 35.4 Å². The molecule has 3 rings (SSSR count). The number of benzene rings is 1. The van der Waals surface area contributed by atoms with Crippen molar-refractivity contribution in [3.05, 3.63) is 51.7 Å². The number of anilines is 1. The average Bonchev–Trinajstić information content (AvgIpc) is 3.05. The molecule has 2 amide bonds. The van der Waals surface area contributed by atoms with Gasteiger partial charge in [0.2, 0.25) is 5.91 Å². The maximum Gasteiger partial charge on any atom is 0.251 e. The summed E-state index contributed by atoms with van der Waals surface area (Å²) in [6.07, 6.45) is 0.373. The van der Waals surface area contributed by atoms with Crippen LogP contribution in [0.4, 0.5) is 5.69 Å². The van der Waals surface area contributed by atoms with E-state index in [0.29, 0.717) is 18.5 Å². The second-order valence-electron chi connectivity index (χ2n) is 4.74. The SMILES string of the molecule is CN1C(=O)Cc2cc(C(=O)NCc3cccs3)ccc21. The molecule has 0 aliphatic carbocycles. The predicted octanol–water partition coefficient (Wildman–Crippen LogP) is 2.20. The highest BCUT2D eigenvalue weighted by atomic mass is 32.1. The largest absolute Gasteiger partial charge is 0.347 e. The number of thiophene rings is 1. The third-order valence-electron chi connectivity index (χ3n) is 3.42. The maximum atomic E-state index is 12.1. The number of amides is 2. The zero-order valence-corrected chi connectivity index (χ0v) is 11.9. The lowest BCUT2D eigenvalue weighted by atomic mass is 10.1. The summed E-state index contributed by atoms with van der Waals surface area (Å²) in [5.41, 5.74) is 2.41. The number of hydrogen-bond acceptors (Lipinski definition) is 3. The standard InChI is InChI=1S/C15H14N2O2S/c1-17-13-5-4-10(7-11(13)8-14(17)18)15(19)16-9-12-3-2-6-20-12/h2-7H,8-9H2,1H3,(H,16,19). The number of hydrogen-bond donors (Lipinski definition) is 1. The van der Waals surface area contributed by atoms with Gasteiger partial charge in [-0.05, 0) is 35.2 Å². The molecule has 0 fully saturated rings. The Morgan fingerprint density at radius 2 is 2.25 bits per heavy atom. The van der Waals surface area contributed by atoms with Crippen molar-refractivity contribution >= 4 is 28.8 Å². The van der Waals surface area contributed by atoms with Crippen molar-refractivity contribution in [1.29, 1.82) is 0 Å². The Hall–Kier alpha value is -2.14. The third-order valence-corrected chi connectivity index (χ3v) is 4.30. The summed E-state index contributed by atoms with van der Waals surface area (Å²) in [5, 5.41) is 4.87. The molecule has 0 unspecified atom stereocenters. The van der Waals surface area contributed by atoms with Gasteiger partial charge in [0.15, 0.2) is 0 Å². The van der Waals surface area contributed by atoms with Crippen molar-refractivity contribution in [2.75, 3.05) is 11.9 Å². The van der Waals surface area contributed by atoms with Gasteiger partial charge in [-0.2, -0.15) is 0 Å². The first-order valence-electron chi connectivity index (χ1n) is 6.35. The van der Waals surface area contributed by atoms with Gasteiger partial charge in [0.25, 0.3) is 5.91 Å². The van der Waals surface area contributed by atoms with Crippen molar-refractivity contribution in [3.8, 4) is 0 Å². The van der Waals surface area contributed by atoms with E-state index in [-0.39, 0.29) is 11.8 Å². The minimum atomic E-state index is -0.108. The summed E-state index contributed by atoms with van der Waals surface area (Å²) < 4.78 is 0. The van der Waals surface area contributed by atoms with E-state index in [0.717, 1.165) is 16.1 Å². The van der Waals surface area contributed by atoms with E-state index < -0.39 is 0 Å². The smallest absolute Gasteiger partial charge is 0.251 e. The zero-order valence-electron chi connectivity index (χ0n) is 11.1.